The van der Waals surface area contributed by atoms with Gasteiger partial charge in [-0.1, -0.05) is 13.8 Å². The van der Waals surface area contributed by atoms with Gasteiger partial charge < -0.3 is 15.0 Å². The van der Waals surface area contributed by atoms with E-state index in [0.717, 1.165) is 0 Å². The van der Waals surface area contributed by atoms with Crippen LogP contribution in [0.1, 0.15) is 53.2 Å². The highest BCUT2D eigenvalue weighted by atomic mass is 16.3. The van der Waals surface area contributed by atoms with E-state index in [2.05, 4.69) is 20.2 Å². The summed E-state index contributed by atoms with van der Waals surface area (Å²) in [5, 5.41) is 18.5. The van der Waals surface area contributed by atoms with Gasteiger partial charge in [-0.25, -0.2) is 4.98 Å². The first kappa shape index (κ1) is 18.3. The molecule has 4 heterocycles. The predicted octanol–water partition coefficient (Wildman–Crippen LogP) is 1.01. The van der Waals surface area contributed by atoms with Gasteiger partial charge in [-0.05, 0) is 31.4 Å². The molecular formula is C19H22N6O3. The van der Waals surface area contributed by atoms with Gasteiger partial charge in [0, 0.05) is 18.3 Å². The minimum absolute atomic E-state index is 0.0299. The van der Waals surface area contributed by atoms with E-state index in [1.54, 1.807) is 34.6 Å². The number of hydrogen-bond donors (Lipinski definition) is 2. The number of nitrogens with one attached hydrogen (secondary N) is 1. The van der Waals surface area contributed by atoms with Crippen molar-refractivity contribution in [2.45, 2.75) is 39.8 Å². The molecule has 3 aromatic heterocycles. The van der Waals surface area contributed by atoms with Crippen molar-refractivity contribution in [2.75, 3.05) is 6.54 Å². The fourth-order valence-electron chi connectivity index (χ4n) is 3.45. The standard InChI is InChI=1S/C19H22N6O3/c1-10(2)16(26)17-23-22-15-5-4-12(8-25(15)17)19(28)24-7-6-13-14(9-24)20-11(3)21-18(13)27/h4-5,8,10,16,26H,6-7,9H2,1-3H3,(H,20,21,27). The number of carbonyl (C=O) groups is 1. The molecule has 9 nitrogen and oxygen atoms in total. The van der Waals surface area contributed by atoms with Gasteiger partial charge in [-0.15, -0.1) is 10.2 Å². The Morgan fingerprint density at radius 2 is 2.07 bits per heavy atom. The smallest absolute Gasteiger partial charge is 0.255 e. The maximum atomic E-state index is 13.1. The van der Waals surface area contributed by atoms with E-state index in [4.69, 9.17) is 0 Å². The van der Waals surface area contributed by atoms with Crippen molar-refractivity contribution in [3.05, 3.63) is 57.2 Å². The van der Waals surface area contributed by atoms with Gasteiger partial charge in [0.15, 0.2) is 11.5 Å². The summed E-state index contributed by atoms with van der Waals surface area (Å²) in [4.78, 5) is 33.9. The highest BCUT2D eigenvalue weighted by molar-refractivity contribution is 5.94. The molecule has 1 aliphatic heterocycles. The zero-order valence-electron chi connectivity index (χ0n) is 16.0. The van der Waals surface area contributed by atoms with Gasteiger partial charge in [0.2, 0.25) is 0 Å². The van der Waals surface area contributed by atoms with E-state index >= 15 is 0 Å². The maximum Gasteiger partial charge on any atom is 0.255 e. The molecule has 0 saturated carbocycles. The molecule has 9 heteroatoms. The van der Waals surface area contributed by atoms with Crippen LogP contribution >= 0.6 is 0 Å². The Bertz CT molecular complexity index is 1120. The lowest BCUT2D eigenvalue weighted by Gasteiger charge is -2.27. The van der Waals surface area contributed by atoms with Crippen LogP contribution in [0.4, 0.5) is 0 Å². The summed E-state index contributed by atoms with van der Waals surface area (Å²) >= 11 is 0. The highest BCUT2D eigenvalue weighted by Gasteiger charge is 2.26. The molecule has 1 atom stereocenters. The predicted molar refractivity (Wildman–Crippen MR) is 101 cm³/mol. The van der Waals surface area contributed by atoms with Crippen molar-refractivity contribution in [3.8, 4) is 0 Å². The molecule has 0 radical (unpaired) electrons. The second kappa shape index (κ2) is 6.83. The molecule has 146 valence electrons. The number of aromatic nitrogens is 5. The number of aryl methyl sites for hydroxylation is 1. The van der Waals surface area contributed by atoms with Crippen LogP contribution in [-0.2, 0) is 13.0 Å². The number of pyridine rings is 1. The molecule has 2 N–H and O–H groups in total. The average molecular weight is 382 g/mol. The Labute approximate surface area is 161 Å². The largest absolute Gasteiger partial charge is 0.385 e. The maximum absolute atomic E-state index is 13.1. The van der Waals surface area contributed by atoms with E-state index < -0.39 is 6.10 Å². The Balaban J connectivity index is 1.66. The molecule has 0 fully saturated rings. The average Bonchev–Trinajstić information content (AvgIpc) is 3.09. The molecule has 0 saturated heterocycles. The Kier molecular flexibility index (Phi) is 4.46. The summed E-state index contributed by atoms with van der Waals surface area (Å²) in [6.45, 7) is 6.25. The van der Waals surface area contributed by atoms with E-state index in [9.17, 15) is 14.7 Å². The molecule has 28 heavy (non-hydrogen) atoms. The second-order valence-electron chi connectivity index (χ2n) is 7.45. The van der Waals surface area contributed by atoms with Crippen molar-refractivity contribution in [3.63, 3.8) is 0 Å². The molecular weight excluding hydrogens is 360 g/mol. The first-order valence-corrected chi connectivity index (χ1v) is 9.26. The Morgan fingerprint density at radius 1 is 1.29 bits per heavy atom. The fraction of sp³-hybridized carbons (Fsp3) is 0.421. The van der Waals surface area contributed by atoms with Crippen molar-refractivity contribution >= 4 is 11.6 Å². The number of rotatable bonds is 3. The van der Waals surface area contributed by atoms with Gasteiger partial charge >= 0.3 is 0 Å². The minimum Gasteiger partial charge on any atom is -0.385 e. The summed E-state index contributed by atoms with van der Waals surface area (Å²) in [7, 11) is 0. The summed E-state index contributed by atoms with van der Waals surface area (Å²) in [6, 6.07) is 3.41. The Hall–Kier alpha value is -3.07. The van der Waals surface area contributed by atoms with Crippen LogP contribution in [0.25, 0.3) is 5.65 Å². The molecule has 4 rings (SSSR count). The van der Waals surface area contributed by atoms with Gasteiger partial charge in [-0.2, -0.15) is 0 Å². The second-order valence-corrected chi connectivity index (χ2v) is 7.45. The van der Waals surface area contributed by atoms with Gasteiger partial charge in [0.05, 0.1) is 17.8 Å². The number of aromatic amines is 1. The number of hydrogen-bond acceptors (Lipinski definition) is 6. The fourth-order valence-corrected chi connectivity index (χ4v) is 3.45. The SMILES string of the molecule is Cc1nc2c(c(=O)[nH]1)CCN(C(=O)c1ccc3nnc(C(O)C(C)C)n3c1)C2. The summed E-state index contributed by atoms with van der Waals surface area (Å²) < 4.78 is 1.66. The number of carbonyl (C=O) groups excluding carboxylic acids is 1. The van der Waals surface area contributed by atoms with Crippen molar-refractivity contribution in [1.29, 1.82) is 0 Å². The number of amides is 1. The van der Waals surface area contributed by atoms with Crippen LogP contribution in [0.5, 0.6) is 0 Å². The van der Waals surface area contributed by atoms with E-state index in [0.29, 0.717) is 53.6 Å². The highest BCUT2D eigenvalue weighted by Crippen LogP contribution is 2.22. The molecule has 0 aromatic carbocycles. The molecule has 0 spiro atoms. The van der Waals surface area contributed by atoms with Crippen LogP contribution in [0, 0.1) is 12.8 Å². The van der Waals surface area contributed by atoms with Crippen molar-refractivity contribution in [2.24, 2.45) is 5.92 Å². The molecule has 1 amide bonds. The minimum atomic E-state index is -0.777. The number of fused-ring (bicyclic) bond motifs is 2. The first-order chi connectivity index (χ1) is 13.3. The molecule has 0 bridgehead atoms. The van der Waals surface area contributed by atoms with Crippen molar-refractivity contribution < 1.29 is 9.90 Å². The van der Waals surface area contributed by atoms with Crippen LogP contribution in [0.15, 0.2) is 23.1 Å². The molecule has 0 aliphatic carbocycles. The van der Waals surface area contributed by atoms with Gasteiger partial charge in [-0.3, -0.25) is 14.0 Å². The monoisotopic (exact) mass is 382 g/mol. The number of H-pyrrole nitrogens is 1. The lowest BCUT2D eigenvalue weighted by Crippen LogP contribution is -2.39. The van der Waals surface area contributed by atoms with Gasteiger partial charge in [0.1, 0.15) is 11.9 Å². The number of aliphatic hydroxyl groups is 1. The van der Waals surface area contributed by atoms with Gasteiger partial charge in [0.25, 0.3) is 11.5 Å². The summed E-state index contributed by atoms with van der Waals surface area (Å²) in [5.41, 5.74) is 2.19. The molecule has 1 aliphatic rings. The zero-order chi connectivity index (χ0) is 20.0. The summed E-state index contributed by atoms with van der Waals surface area (Å²) in [5.74, 6) is 0.757. The van der Waals surface area contributed by atoms with Crippen LogP contribution in [-0.4, -0.2) is 47.0 Å². The van der Waals surface area contributed by atoms with Crippen LogP contribution < -0.4 is 5.56 Å². The van der Waals surface area contributed by atoms with Crippen LogP contribution in [0.3, 0.4) is 0 Å². The van der Waals surface area contributed by atoms with Crippen LogP contribution in [0.2, 0.25) is 0 Å². The lowest BCUT2D eigenvalue weighted by atomic mass is 10.1. The third-order valence-corrected chi connectivity index (χ3v) is 5.05. The Morgan fingerprint density at radius 3 is 2.82 bits per heavy atom. The normalized spacial score (nSPS) is 15.1. The zero-order valence-corrected chi connectivity index (χ0v) is 16.0. The van der Waals surface area contributed by atoms with Crippen molar-refractivity contribution in [1.82, 2.24) is 29.5 Å². The van der Waals surface area contributed by atoms with E-state index in [-0.39, 0.29) is 17.4 Å². The third-order valence-electron chi connectivity index (χ3n) is 5.05. The molecule has 3 aromatic rings. The number of nitrogens with zero attached hydrogens (tertiary/aromatic N) is 5. The number of aliphatic hydroxyl groups excluding tert-OH is 1. The third kappa shape index (κ3) is 3.07. The first-order valence-electron chi connectivity index (χ1n) is 9.26. The molecule has 1 unspecified atom stereocenters. The quantitative estimate of drug-likeness (QED) is 0.698. The summed E-state index contributed by atoms with van der Waals surface area (Å²) in [6.07, 6.45) is 1.35. The lowest BCUT2D eigenvalue weighted by molar-refractivity contribution is 0.0730. The van der Waals surface area contributed by atoms with E-state index in [1.807, 2.05) is 13.8 Å². The van der Waals surface area contributed by atoms with E-state index in [1.165, 1.54) is 0 Å². The topological polar surface area (TPSA) is 116 Å².